The van der Waals surface area contributed by atoms with Crippen LogP contribution in [0, 0.1) is 0 Å². The van der Waals surface area contributed by atoms with E-state index in [2.05, 4.69) is 0 Å². The highest BCUT2D eigenvalue weighted by Gasteiger charge is 2.27. The summed E-state index contributed by atoms with van der Waals surface area (Å²) in [5, 5.41) is 0.572. The number of esters is 1. The number of anilines is 2. The number of hydrogen-bond donors (Lipinski definition) is 2. The molecule has 0 aromatic carbocycles. The number of amides is 1. The molecule has 118 valence electrons. The molecule has 0 saturated heterocycles. The Morgan fingerprint density at radius 3 is 2.48 bits per heavy atom. The minimum Gasteiger partial charge on any atom is -0.462 e. The van der Waals surface area contributed by atoms with Crippen molar-refractivity contribution in [3.63, 3.8) is 0 Å². The number of likely N-dealkylation sites (N-methyl/N-ethyl adjacent to an activating group) is 1. The molecule has 21 heavy (non-hydrogen) atoms. The fourth-order valence-electron chi connectivity index (χ4n) is 1.85. The summed E-state index contributed by atoms with van der Waals surface area (Å²) in [6.45, 7) is 5.55. The molecular weight excluding hydrogens is 294 g/mol. The average molecular weight is 315 g/mol. The van der Waals surface area contributed by atoms with Crippen molar-refractivity contribution in [3.8, 4) is 0 Å². The summed E-state index contributed by atoms with van der Waals surface area (Å²) >= 11 is 1.12. The molecule has 0 aliphatic carbocycles. The largest absolute Gasteiger partial charge is 0.462 e. The number of carbonyl (C=O) groups excluding carboxylic acids is 2. The Labute approximate surface area is 127 Å². The van der Waals surface area contributed by atoms with E-state index in [1.165, 1.54) is 0 Å². The molecule has 0 bridgehead atoms. The van der Waals surface area contributed by atoms with E-state index in [-0.39, 0.29) is 22.7 Å². The maximum Gasteiger partial charge on any atom is 0.350 e. The zero-order valence-electron chi connectivity index (χ0n) is 12.5. The highest BCUT2D eigenvalue weighted by Crippen LogP contribution is 2.38. The zero-order valence-corrected chi connectivity index (χ0v) is 13.3. The van der Waals surface area contributed by atoms with Crippen molar-refractivity contribution in [1.82, 2.24) is 0 Å². The average Bonchev–Trinajstić information content (AvgIpc) is 2.78. The van der Waals surface area contributed by atoms with Crippen LogP contribution in [-0.2, 0) is 9.47 Å². The minimum absolute atomic E-state index is 0.0804. The summed E-state index contributed by atoms with van der Waals surface area (Å²) in [6, 6.07) is 0. The topological polar surface area (TPSA) is 108 Å². The zero-order chi connectivity index (χ0) is 16.0. The molecule has 7 nitrogen and oxygen atoms in total. The van der Waals surface area contributed by atoms with Gasteiger partial charge in [0.05, 0.1) is 24.5 Å². The van der Waals surface area contributed by atoms with Crippen LogP contribution >= 0.6 is 11.3 Å². The third-order valence-electron chi connectivity index (χ3n) is 2.87. The van der Waals surface area contributed by atoms with Crippen LogP contribution in [0.4, 0.5) is 10.7 Å². The second-order valence-electron chi connectivity index (χ2n) is 4.18. The molecule has 1 aromatic rings. The summed E-state index contributed by atoms with van der Waals surface area (Å²) in [4.78, 5) is 25.7. The van der Waals surface area contributed by atoms with Crippen molar-refractivity contribution in [1.29, 1.82) is 0 Å². The van der Waals surface area contributed by atoms with Gasteiger partial charge in [0.15, 0.2) is 0 Å². The van der Waals surface area contributed by atoms with Gasteiger partial charge in [-0.1, -0.05) is 0 Å². The molecule has 1 aromatic heterocycles. The molecule has 4 N–H and O–H groups in total. The number of nitrogens with two attached hydrogens (primary N) is 2. The third kappa shape index (κ3) is 3.85. The predicted octanol–water partition coefficient (Wildman–Crippen LogP) is 1.08. The molecule has 0 unspecified atom stereocenters. The Hall–Kier alpha value is -1.80. The maximum absolute atomic E-state index is 11.9. The van der Waals surface area contributed by atoms with Gasteiger partial charge in [0, 0.05) is 20.2 Å². The van der Waals surface area contributed by atoms with Gasteiger partial charge in [-0.05, 0) is 13.8 Å². The molecule has 0 radical (unpaired) electrons. The number of rotatable bonds is 8. The van der Waals surface area contributed by atoms with E-state index >= 15 is 0 Å². The van der Waals surface area contributed by atoms with Gasteiger partial charge in [0.25, 0.3) is 5.91 Å². The van der Waals surface area contributed by atoms with Gasteiger partial charge in [-0.3, -0.25) is 4.79 Å². The Morgan fingerprint density at radius 2 is 2.00 bits per heavy atom. The maximum atomic E-state index is 11.9. The van der Waals surface area contributed by atoms with Crippen LogP contribution < -0.4 is 16.4 Å². The number of ether oxygens (including phenoxy) is 2. The van der Waals surface area contributed by atoms with Crippen molar-refractivity contribution >= 4 is 33.9 Å². The lowest BCUT2D eigenvalue weighted by molar-refractivity contribution is 0.0533. The Kier molecular flexibility index (Phi) is 6.44. The van der Waals surface area contributed by atoms with Gasteiger partial charge < -0.3 is 25.8 Å². The van der Waals surface area contributed by atoms with Crippen molar-refractivity contribution in [2.75, 3.05) is 44.0 Å². The third-order valence-corrected chi connectivity index (χ3v) is 4.11. The fourth-order valence-corrected chi connectivity index (χ4v) is 3.05. The summed E-state index contributed by atoms with van der Waals surface area (Å²) in [6.07, 6.45) is 0. The molecule has 0 aliphatic heterocycles. The molecule has 1 heterocycles. The van der Waals surface area contributed by atoms with E-state index in [0.717, 1.165) is 11.3 Å². The van der Waals surface area contributed by atoms with Crippen LogP contribution in [0.2, 0.25) is 0 Å². The lowest BCUT2D eigenvalue weighted by Crippen LogP contribution is -2.28. The first kappa shape index (κ1) is 17.3. The number of primary amides is 1. The fraction of sp³-hybridized carbons (Fsp3) is 0.538. The van der Waals surface area contributed by atoms with Crippen LogP contribution in [0.25, 0.3) is 0 Å². The number of thiophene rings is 1. The molecule has 0 saturated carbocycles. The number of methoxy groups -OCH3 is 1. The molecule has 1 amide bonds. The highest BCUT2D eigenvalue weighted by atomic mass is 32.1. The first-order valence-electron chi connectivity index (χ1n) is 6.60. The van der Waals surface area contributed by atoms with E-state index in [4.69, 9.17) is 20.9 Å². The Morgan fingerprint density at radius 1 is 1.33 bits per heavy atom. The van der Waals surface area contributed by atoms with Crippen molar-refractivity contribution < 1.29 is 19.1 Å². The van der Waals surface area contributed by atoms with Crippen molar-refractivity contribution in [2.45, 2.75) is 13.8 Å². The van der Waals surface area contributed by atoms with Crippen LogP contribution in [0.15, 0.2) is 0 Å². The van der Waals surface area contributed by atoms with E-state index in [0.29, 0.717) is 24.7 Å². The van der Waals surface area contributed by atoms with Gasteiger partial charge in [-0.15, -0.1) is 11.3 Å². The number of carbonyl (C=O) groups is 2. The van der Waals surface area contributed by atoms with Crippen LogP contribution in [0.3, 0.4) is 0 Å². The van der Waals surface area contributed by atoms with Crippen molar-refractivity contribution in [3.05, 3.63) is 10.4 Å². The Balaban J connectivity index is 3.26. The molecule has 0 spiro atoms. The summed E-state index contributed by atoms with van der Waals surface area (Å²) in [5.74, 6) is -1.21. The van der Waals surface area contributed by atoms with Crippen LogP contribution in [0.1, 0.15) is 33.9 Å². The summed E-state index contributed by atoms with van der Waals surface area (Å²) in [5.41, 5.74) is 11.6. The van der Waals surface area contributed by atoms with Crippen LogP contribution in [-0.4, -0.2) is 45.3 Å². The molecule has 0 aliphatic rings. The smallest absolute Gasteiger partial charge is 0.350 e. The predicted molar refractivity (Wildman–Crippen MR) is 83.0 cm³/mol. The molecule has 0 fully saturated rings. The summed E-state index contributed by atoms with van der Waals surface area (Å²) in [7, 11) is 1.59. The van der Waals surface area contributed by atoms with Crippen LogP contribution in [0.5, 0.6) is 0 Å². The van der Waals surface area contributed by atoms with Crippen molar-refractivity contribution in [2.24, 2.45) is 5.73 Å². The molecule has 8 heteroatoms. The van der Waals surface area contributed by atoms with E-state index in [1.54, 1.807) is 14.0 Å². The lowest BCUT2D eigenvalue weighted by Gasteiger charge is -2.21. The normalized spacial score (nSPS) is 10.4. The molecular formula is C13H21N3O4S. The van der Waals surface area contributed by atoms with Gasteiger partial charge in [0.2, 0.25) is 0 Å². The highest BCUT2D eigenvalue weighted by molar-refractivity contribution is 7.19. The van der Waals surface area contributed by atoms with E-state index < -0.39 is 11.9 Å². The molecule has 0 atom stereocenters. The number of nitrogens with zero attached hydrogens (tertiary/aromatic N) is 1. The van der Waals surface area contributed by atoms with Gasteiger partial charge >= 0.3 is 5.97 Å². The molecule has 1 rings (SSSR count). The summed E-state index contributed by atoms with van der Waals surface area (Å²) < 4.78 is 9.99. The van der Waals surface area contributed by atoms with Gasteiger partial charge in [-0.25, -0.2) is 4.79 Å². The monoisotopic (exact) mass is 315 g/mol. The Bertz CT molecular complexity index is 516. The number of nitrogen functional groups attached to an aromatic ring is 1. The quantitative estimate of drug-likeness (QED) is 0.695. The second kappa shape index (κ2) is 7.84. The lowest BCUT2D eigenvalue weighted by atomic mass is 10.2. The van der Waals surface area contributed by atoms with Gasteiger partial charge in [0.1, 0.15) is 9.88 Å². The number of hydrogen-bond acceptors (Lipinski definition) is 7. The first-order chi connectivity index (χ1) is 9.97. The second-order valence-corrected chi connectivity index (χ2v) is 5.18. The SMILES string of the molecule is CCOC(=O)c1sc(N(CC)CCOC)c(C(N)=O)c1N. The van der Waals surface area contributed by atoms with Gasteiger partial charge in [-0.2, -0.15) is 0 Å². The first-order valence-corrected chi connectivity index (χ1v) is 7.42. The standard InChI is InChI=1S/C13H21N3O4S/c1-4-16(6-7-19-3)12-8(11(15)17)9(14)10(21-12)13(18)20-5-2/h4-7,14H2,1-3H3,(H2,15,17). The minimum atomic E-state index is -0.662. The van der Waals surface area contributed by atoms with E-state index in [1.807, 2.05) is 11.8 Å². The van der Waals surface area contributed by atoms with E-state index in [9.17, 15) is 9.59 Å².